The summed E-state index contributed by atoms with van der Waals surface area (Å²) in [5.74, 6) is 0.249. The summed E-state index contributed by atoms with van der Waals surface area (Å²) >= 11 is 1.32. The van der Waals surface area contributed by atoms with Gasteiger partial charge in [-0.1, -0.05) is 103 Å². The van der Waals surface area contributed by atoms with Gasteiger partial charge in [0.05, 0.1) is 5.75 Å². The molecular weight excluding hydrogens is 466 g/mol. The van der Waals surface area contributed by atoms with E-state index in [0.29, 0.717) is 35.9 Å². The van der Waals surface area contributed by atoms with Crippen molar-refractivity contribution in [1.29, 1.82) is 0 Å². The van der Waals surface area contributed by atoms with Gasteiger partial charge in [0.2, 0.25) is 5.91 Å². The Balaban J connectivity index is 1.47. The van der Waals surface area contributed by atoms with Crippen molar-refractivity contribution in [2.45, 2.75) is 31.5 Å². The molecule has 4 rings (SSSR count). The Morgan fingerprint density at radius 1 is 0.861 bits per heavy atom. The van der Waals surface area contributed by atoms with Crippen molar-refractivity contribution in [3.8, 4) is 0 Å². The highest BCUT2D eigenvalue weighted by Crippen LogP contribution is 2.18. The third kappa shape index (κ3) is 6.73. The first kappa shape index (κ1) is 25.5. The first-order valence-electron chi connectivity index (χ1n) is 12.1. The van der Waals surface area contributed by atoms with E-state index in [4.69, 9.17) is 4.98 Å². The number of amides is 1. The quantitative estimate of drug-likeness (QED) is 0.227. The third-order valence-electron chi connectivity index (χ3n) is 6.18. The van der Waals surface area contributed by atoms with Crippen LogP contribution in [0.4, 0.5) is 0 Å². The fourth-order valence-electron chi connectivity index (χ4n) is 4.08. The number of thioether (sulfide) groups is 1. The third-order valence-corrected chi connectivity index (χ3v) is 7.20. The second-order valence-electron chi connectivity index (χ2n) is 8.81. The highest BCUT2D eigenvalue weighted by molar-refractivity contribution is 7.99. The number of rotatable bonds is 10. The van der Waals surface area contributed by atoms with Crippen LogP contribution in [-0.4, -0.2) is 32.7 Å². The molecule has 1 heterocycles. The molecular formula is C30H31N3O2S. The number of carbonyl (C=O) groups excluding carboxylic acids is 1. The smallest absolute Gasteiger partial charge is 0.257 e. The van der Waals surface area contributed by atoms with Gasteiger partial charge in [-0.15, -0.1) is 0 Å². The maximum absolute atomic E-state index is 13.3. The number of benzene rings is 3. The van der Waals surface area contributed by atoms with E-state index in [1.807, 2.05) is 90.7 Å². The SMILES string of the molecule is Cc1nc(SCC(=O)N(CCc2ccccc2)Cc2ccccc2)n(C)c(=O)c1Cc1ccccc1. The second-order valence-corrected chi connectivity index (χ2v) is 9.75. The lowest BCUT2D eigenvalue weighted by Gasteiger charge is -2.23. The van der Waals surface area contributed by atoms with E-state index in [-0.39, 0.29) is 17.2 Å². The van der Waals surface area contributed by atoms with Crippen LogP contribution in [0.5, 0.6) is 0 Å². The van der Waals surface area contributed by atoms with Crippen LogP contribution in [0.15, 0.2) is 101 Å². The van der Waals surface area contributed by atoms with Crippen LogP contribution in [0.2, 0.25) is 0 Å². The van der Waals surface area contributed by atoms with Gasteiger partial charge in [0.15, 0.2) is 5.16 Å². The first-order chi connectivity index (χ1) is 17.5. The molecule has 5 nitrogen and oxygen atoms in total. The lowest BCUT2D eigenvalue weighted by Crippen LogP contribution is -2.34. The minimum absolute atomic E-state index is 0.0278. The van der Waals surface area contributed by atoms with Crippen molar-refractivity contribution in [3.63, 3.8) is 0 Å². The van der Waals surface area contributed by atoms with Crippen LogP contribution in [0.1, 0.15) is 27.9 Å². The number of hydrogen-bond acceptors (Lipinski definition) is 4. The van der Waals surface area contributed by atoms with Gasteiger partial charge in [-0.05, 0) is 30.0 Å². The van der Waals surface area contributed by atoms with E-state index < -0.39 is 0 Å². The van der Waals surface area contributed by atoms with Crippen LogP contribution in [-0.2, 0) is 31.2 Å². The average Bonchev–Trinajstić information content (AvgIpc) is 2.92. The summed E-state index contributed by atoms with van der Waals surface area (Å²) < 4.78 is 1.56. The number of nitrogens with zero attached hydrogens (tertiary/aromatic N) is 3. The predicted octanol–water partition coefficient (Wildman–Crippen LogP) is 5.04. The molecule has 0 radical (unpaired) electrons. The fourth-order valence-corrected chi connectivity index (χ4v) is 5.00. The number of aryl methyl sites for hydroxylation is 1. The van der Waals surface area contributed by atoms with Gasteiger partial charge in [0.25, 0.3) is 5.56 Å². The Bertz CT molecular complexity index is 1340. The van der Waals surface area contributed by atoms with E-state index in [1.54, 1.807) is 11.6 Å². The molecule has 0 aliphatic rings. The topological polar surface area (TPSA) is 55.2 Å². The largest absolute Gasteiger partial charge is 0.337 e. The number of hydrogen-bond donors (Lipinski definition) is 0. The lowest BCUT2D eigenvalue weighted by molar-refractivity contribution is -0.128. The highest BCUT2D eigenvalue weighted by atomic mass is 32.2. The summed E-state index contributed by atoms with van der Waals surface area (Å²) in [6.07, 6.45) is 1.33. The summed E-state index contributed by atoms with van der Waals surface area (Å²) in [5, 5.41) is 0.561. The standard InChI is InChI=1S/C30H31N3O2S/c1-23-27(20-25-14-8-4-9-15-25)29(35)32(2)30(31-23)36-22-28(34)33(21-26-16-10-5-11-17-26)19-18-24-12-6-3-7-13-24/h3-17H,18-22H2,1-2H3. The van der Waals surface area contributed by atoms with Crippen LogP contribution >= 0.6 is 11.8 Å². The molecule has 1 aromatic heterocycles. The Kier molecular flexibility index (Phi) is 8.74. The normalized spacial score (nSPS) is 10.8. The van der Waals surface area contributed by atoms with E-state index in [0.717, 1.165) is 17.5 Å². The molecule has 0 atom stereocenters. The van der Waals surface area contributed by atoms with Crippen molar-refractivity contribution in [2.24, 2.45) is 7.05 Å². The zero-order chi connectivity index (χ0) is 25.3. The molecule has 0 aliphatic heterocycles. The molecule has 0 spiro atoms. The number of carbonyl (C=O) groups is 1. The molecule has 4 aromatic rings. The Morgan fingerprint density at radius 3 is 2.03 bits per heavy atom. The maximum atomic E-state index is 13.3. The zero-order valence-corrected chi connectivity index (χ0v) is 21.6. The summed E-state index contributed by atoms with van der Waals surface area (Å²) in [6.45, 7) is 3.04. The maximum Gasteiger partial charge on any atom is 0.257 e. The van der Waals surface area contributed by atoms with Gasteiger partial charge in [-0.2, -0.15) is 0 Å². The molecule has 0 N–H and O–H groups in total. The fraction of sp³-hybridized carbons (Fsp3) is 0.233. The summed E-state index contributed by atoms with van der Waals surface area (Å²) in [7, 11) is 1.73. The molecule has 0 aliphatic carbocycles. The Labute approximate surface area is 216 Å². The van der Waals surface area contributed by atoms with E-state index >= 15 is 0 Å². The van der Waals surface area contributed by atoms with Crippen LogP contribution in [0.25, 0.3) is 0 Å². The zero-order valence-electron chi connectivity index (χ0n) is 20.8. The average molecular weight is 498 g/mol. The molecule has 0 saturated carbocycles. The van der Waals surface area contributed by atoms with Crippen LogP contribution in [0, 0.1) is 6.92 Å². The van der Waals surface area contributed by atoms with Gasteiger partial charge >= 0.3 is 0 Å². The van der Waals surface area contributed by atoms with Crippen LogP contribution in [0.3, 0.4) is 0 Å². The minimum atomic E-state index is -0.0634. The predicted molar refractivity (Wildman–Crippen MR) is 146 cm³/mol. The molecule has 3 aromatic carbocycles. The monoisotopic (exact) mass is 497 g/mol. The summed E-state index contributed by atoms with van der Waals surface area (Å²) in [6, 6.07) is 30.2. The lowest BCUT2D eigenvalue weighted by atomic mass is 10.1. The van der Waals surface area contributed by atoms with Gasteiger partial charge in [-0.25, -0.2) is 4.98 Å². The number of aromatic nitrogens is 2. The minimum Gasteiger partial charge on any atom is -0.337 e. The molecule has 6 heteroatoms. The van der Waals surface area contributed by atoms with E-state index in [9.17, 15) is 9.59 Å². The van der Waals surface area contributed by atoms with Crippen LogP contribution < -0.4 is 5.56 Å². The molecule has 0 saturated heterocycles. The van der Waals surface area contributed by atoms with Gasteiger partial charge in [-0.3, -0.25) is 14.2 Å². The second kappa shape index (κ2) is 12.4. The molecule has 36 heavy (non-hydrogen) atoms. The molecule has 184 valence electrons. The van der Waals surface area contributed by atoms with Crippen molar-refractivity contribution >= 4 is 17.7 Å². The van der Waals surface area contributed by atoms with Crippen molar-refractivity contribution in [1.82, 2.24) is 14.5 Å². The molecule has 0 fully saturated rings. The molecule has 0 bridgehead atoms. The first-order valence-corrected chi connectivity index (χ1v) is 13.1. The van der Waals surface area contributed by atoms with Gasteiger partial charge < -0.3 is 4.90 Å². The summed E-state index contributed by atoms with van der Waals surface area (Å²) in [4.78, 5) is 33.0. The Morgan fingerprint density at radius 2 is 1.42 bits per heavy atom. The van der Waals surface area contributed by atoms with E-state index in [2.05, 4.69) is 12.1 Å². The summed E-state index contributed by atoms with van der Waals surface area (Å²) in [5.41, 5.74) is 4.70. The van der Waals surface area contributed by atoms with E-state index in [1.165, 1.54) is 17.3 Å². The van der Waals surface area contributed by atoms with Gasteiger partial charge in [0, 0.05) is 37.8 Å². The molecule has 1 amide bonds. The van der Waals surface area contributed by atoms with Gasteiger partial charge in [0.1, 0.15) is 0 Å². The highest BCUT2D eigenvalue weighted by Gasteiger charge is 2.18. The van der Waals surface area contributed by atoms with Crippen molar-refractivity contribution < 1.29 is 4.79 Å². The molecule has 0 unspecified atom stereocenters. The Hall–Kier alpha value is -3.64. The van der Waals surface area contributed by atoms with Crippen molar-refractivity contribution in [3.05, 3.63) is 129 Å². The van der Waals surface area contributed by atoms with Crippen molar-refractivity contribution in [2.75, 3.05) is 12.3 Å².